The highest BCUT2D eigenvalue weighted by atomic mass is 32.2. The number of nitro benzene ring substituents is 1. The van der Waals surface area contributed by atoms with Gasteiger partial charge < -0.3 is 9.08 Å². The van der Waals surface area contributed by atoms with Crippen LogP contribution in [0.5, 0.6) is 5.75 Å². The van der Waals surface area contributed by atoms with Crippen LogP contribution in [-0.2, 0) is 21.3 Å². The molecule has 2 aromatic carbocycles. The highest BCUT2D eigenvalue weighted by Crippen LogP contribution is 2.31. The first-order chi connectivity index (χ1) is 11.8. The average Bonchev–Trinajstić information content (AvgIpc) is 2.98. The molecule has 9 heteroatoms. The standard InChI is InChI=1S/C16H14N2O6S/c1-11(19)17-8-7-12-9-15(5-6-16(12)17)25(22,23)24-14-4-2-3-13(10-14)18(20)21/h2-6,9-10H,7-8H2,1H3. The van der Waals surface area contributed by atoms with Gasteiger partial charge in [-0.3, -0.25) is 14.9 Å². The molecule has 25 heavy (non-hydrogen) atoms. The predicted molar refractivity (Wildman–Crippen MR) is 89.1 cm³/mol. The van der Waals surface area contributed by atoms with Crippen LogP contribution < -0.4 is 9.08 Å². The van der Waals surface area contributed by atoms with E-state index in [9.17, 15) is 23.3 Å². The van der Waals surface area contributed by atoms with Crippen molar-refractivity contribution in [3.8, 4) is 5.75 Å². The quantitative estimate of drug-likeness (QED) is 0.469. The lowest BCUT2D eigenvalue weighted by molar-refractivity contribution is -0.384. The Hall–Kier alpha value is -2.94. The van der Waals surface area contributed by atoms with Gasteiger partial charge in [-0.1, -0.05) is 6.07 Å². The van der Waals surface area contributed by atoms with Crippen LogP contribution in [0.2, 0.25) is 0 Å². The molecule has 0 saturated carbocycles. The number of hydrogen-bond acceptors (Lipinski definition) is 6. The van der Waals surface area contributed by atoms with Gasteiger partial charge in [0.05, 0.1) is 11.0 Å². The molecule has 130 valence electrons. The molecule has 1 aliphatic heterocycles. The number of anilines is 1. The summed E-state index contributed by atoms with van der Waals surface area (Å²) in [5.74, 6) is -0.248. The zero-order valence-corrected chi connectivity index (χ0v) is 14.0. The number of non-ortho nitro benzene ring substituents is 1. The molecule has 8 nitrogen and oxygen atoms in total. The molecule has 0 saturated heterocycles. The van der Waals surface area contributed by atoms with Gasteiger partial charge >= 0.3 is 10.1 Å². The maximum absolute atomic E-state index is 12.4. The normalized spacial score (nSPS) is 13.4. The van der Waals surface area contributed by atoms with Gasteiger partial charge in [0.1, 0.15) is 10.6 Å². The van der Waals surface area contributed by atoms with Crippen LogP contribution >= 0.6 is 0 Å². The Morgan fingerprint density at radius 1 is 1.24 bits per heavy atom. The molecule has 0 fully saturated rings. The molecule has 0 aliphatic carbocycles. The zero-order chi connectivity index (χ0) is 18.2. The predicted octanol–water partition coefficient (Wildman–Crippen LogP) is 2.27. The van der Waals surface area contributed by atoms with Crippen molar-refractivity contribution in [1.29, 1.82) is 0 Å². The fourth-order valence-corrected chi connectivity index (χ4v) is 3.66. The Labute approximate surface area is 143 Å². The number of hydrogen-bond donors (Lipinski definition) is 0. The molecule has 1 aliphatic rings. The van der Waals surface area contributed by atoms with Crippen molar-refractivity contribution < 1.29 is 22.3 Å². The van der Waals surface area contributed by atoms with Crippen LogP contribution in [-0.4, -0.2) is 25.8 Å². The van der Waals surface area contributed by atoms with E-state index in [1.54, 1.807) is 11.0 Å². The van der Waals surface area contributed by atoms with E-state index in [1.165, 1.54) is 37.3 Å². The Bertz CT molecular complexity index is 970. The van der Waals surface area contributed by atoms with Crippen LogP contribution in [0.3, 0.4) is 0 Å². The van der Waals surface area contributed by atoms with E-state index < -0.39 is 15.0 Å². The second kappa shape index (κ2) is 6.17. The molecule has 0 radical (unpaired) electrons. The molecule has 0 spiro atoms. The van der Waals surface area contributed by atoms with Gasteiger partial charge in [0, 0.05) is 25.2 Å². The second-order valence-electron chi connectivity index (χ2n) is 5.50. The Morgan fingerprint density at radius 3 is 2.68 bits per heavy atom. The number of carbonyl (C=O) groups is 1. The maximum atomic E-state index is 12.4. The van der Waals surface area contributed by atoms with Crippen molar-refractivity contribution in [3.63, 3.8) is 0 Å². The number of nitrogens with zero attached hydrogens (tertiary/aromatic N) is 2. The third-order valence-electron chi connectivity index (χ3n) is 3.85. The summed E-state index contributed by atoms with van der Waals surface area (Å²) in [6.07, 6.45) is 0.551. The maximum Gasteiger partial charge on any atom is 0.339 e. The smallest absolute Gasteiger partial charge is 0.339 e. The van der Waals surface area contributed by atoms with E-state index in [0.717, 1.165) is 11.6 Å². The highest BCUT2D eigenvalue weighted by molar-refractivity contribution is 7.87. The summed E-state index contributed by atoms with van der Waals surface area (Å²) < 4.78 is 29.9. The monoisotopic (exact) mass is 362 g/mol. The Kier molecular flexibility index (Phi) is 4.17. The summed E-state index contributed by atoms with van der Waals surface area (Å²) in [6.45, 7) is 1.95. The summed E-state index contributed by atoms with van der Waals surface area (Å²) in [4.78, 5) is 23.2. The molecule has 2 aromatic rings. The number of fused-ring (bicyclic) bond motifs is 1. The van der Waals surface area contributed by atoms with Crippen molar-refractivity contribution in [1.82, 2.24) is 0 Å². The van der Waals surface area contributed by atoms with Gasteiger partial charge in [-0.25, -0.2) is 0 Å². The first kappa shape index (κ1) is 16.9. The molecule has 0 unspecified atom stereocenters. The molecule has 0 N–H and O–H groups in total. The van der Waals surface area contributed by atoms with E-state index in [-0.39, 0.29) is 22.2 Å². The van der Waals surface area contributed by atoms with Gasteiger partial charge in [0.25, 0.3) is 5.69 Å². The molecule has 0 aromatic heterocycles. The Morgan fingerprint density at radius 2 is 2.00 bits per heavy atom. The van der Waals surface area contributed by atoms with Crippen molar-refractivity contribution in [2.24, 2.45) is 0 Å². The fourth-order valence-electron chi connectivity index (χ4n) is 2.68. The van der Waals surface area contributed by atoms with E-state index in [1.807, 2.05) is 0 Å². The van der Waals surface area contributed by atoms with Crippen molar-refractivity contribution >= 4 is 27.4 Å². The summed E-state index contributed by atoms with van der Waals surface area (Å²) in [7, 11) is -4.14. The number of carbonyl (C=O) groups excluding carboxylic acids is 1. The molecule has 3 rings (SSSR count). The average molecular weight is 362 g/mol. The minimum Gasteiger partial charge on any atom is -0.379 e. The van der Waals surface area contributed by atoms with E-state index >= 15 is 0 Å². The minimum absolute atomic E-state index is 0.0665. The molecule has 1 heterocycles. The summed E-state index contributed by atoms with van der Waals surface area (Å²) in [5, 5.41) is 10.8. The summed E-state index contributed by atoms with van der Waals surface area (Å²) in [6, 6.07) is 9.34. The second-order valence-corrected chi connectivity index (χ2v) is 7.05. The first-order valence-electron chi connectivity index (χ1n) is 7.38. The number of benzene rings is 2. The lowest BCUT2D eigenvalue weighted by Crippen LogP contribution is -2.25. The number of rotatable bonds is 4. The van der Waals surface area contributed by atoms with Crippen LogP contribution in [0.1, 0.15) is 12.5 Å². The van der Waals surface area contributed by atoms with E-state index in [0.29, 0.717) is 18.7 Å². The van der Waals surface area contributed by atoms with Crippen LogP contribution in [0, 0.1) is 10.1 Å². The lowest BCUT2D eigenvalue weighted by atomic mass is 10.2. The van der Waals surface area contributed by atoms with Gasteiger partial charge in [-0.05, 0) is 36.2 Å². The van der Waals surface area contributed by atoms with E-state index in [2.05, 4.69) is 0 Å². The van der Waals surface area contributed by atoms with Crippen molar-refractivity contribution in [2.75, 3.05) is 11.4 Å². The lowest BCUT2D eigenvalue weighted by Gasteiger charge is -2.15. The zero-order valence-electron chi connectivity index (χ0n) is 13.2. The topological polar surface area (TPSA) is 107 Å². The van der Waals surface area contributed by atoms with Crippen molar-refractivity contribution in [3.05, 3.63) is 58.1 Å². The minimum atomic E-state index is -4.14. The summed E-state index contributed by atoms with van der Waals surface area (Å²) in [5.41, 5.74) is 1.15. The van der Waals surface area contributed by atoms with Gasteiger partial charge in [-0.2, -0.15) is 8.42 Å². The third-order valence-corrected chi connectivity index (χ3v) is 5.09. The first-order valence-corrected chi connectivity index (χ1v) is 8.79. The van der Waals surface area contributed by atoms with Crippen LogP contribution in [0.25, 0.3) is 0 Å². The summed E-state index contributed by atoms with van der Waals surface area (Å²) >= 11 is 0. The molecule has 0 bridgehead atoms. The molecular weight excluding hydrogens is 348 g/mol. The molecular formula is C16H14N2O6S. The van der Waals surface area contributed by atoms with Gasteiger partial charge in [0.2, 0.25) is 5.91 Å². The molecule has 1 amide bonds. The Balaban J connectivity index is 1.90. The largest absolute Gasteiger partial charge is 0.379 e. The van der Waals surface area contributed by atoms with Gasteiger partial charge in [0.15, 0.2) is 0 Å². The fraction of sp³-hybridized carbons (Fsp3) is 0.188. The van der Waals surface area contributed by atoms with Gasteiger partial charge in [-0.15, -0.1) is 0 Å². The van der Waals surface area contributed by atoms with Crippen LogP contribution in [0.15, 0.2) is 47.4 Å². The molecule has 0 atom stereocenters. The number of nitro groups is 1. The SMILES string of the molecule is CC(=O)N1CCc2cc(S(=O)(=O)Oc3cccc([N+](=O)[O-])c3)ccc21. The highest BCUT2D eigenvalue weighted by Gasteiger charge is 2.26. The van der Waals surface area contributed by atoms with E-state index in [4.69, 9.17) is 4.18 Å². The third kappa shape index (κ3) is 3.31. The van der Waals surface area contributed by atoms with Crippen molar-refractivity contribution in [2.45, 2.75) is 18.2 Å². The number of amides is 1. The van der Waals surface area contributed by atoms with Crippen LogP contribution in [0.4, 0.5) is 11.4 Å².